The van der Waals surface area contributed by atoms with Gasteiger partial charge in [0.1, 0.15) is 0 Å². The average Bonchev–Trinajstić information content (AvgIpc) is 3.04. The summed E-state index contributed by atoms with van der Waals surface area (Å²) in [5, 5.41) is 0. The zero-order valence-electron chi connectivity index (χ0n) is 25.7. The zero-order chi connectivity index (χ0) is 28.6. The van der Waals surface area contributed by atoms with Crippen LogP contribution in [0.3, 0.4) is 0 Å². The largest absolute Gasteiger partial charge is 0.341 e. The molecule has 0 saturated heterocycles. The van der Waals surface area contributed by atoms with E-state index in [0.717, 1.165) is 32.4 Å². The Labute approximate surface area is 239 Å². The van der Waals surface area contributed by atoms with Gasteiger partial charge >= 0.3 is 0 Å². The number of hydrogen-bond acceptors (Lipinski definition) is 2. The molecule has 0 amide bonds. The average molecular weight is 523 g/mol. The van der Waals surface area contributed by atoms with Crippen molar-refractivity contribution in [1.29, 1.82) is 0 Å². The van der Waals surface area contributed by atoms with E-state index in [4.69, 9.17) is 0 Å². The highest BCUT2D eigenvalue weighted by Gasteiger charge is 2.24. The minimum Gasteiger partial charge on any atom is -0.341 e. The molecule has 2 aliphatic heterocycles. The van der Waals surface area contributed by atoms with Gasteiger partial charge in [-0.15, -0.1) is 0 Å². The third-order valence-electron chi connectivity index (χ3n) is 6.65. The van der Waals surface area contributed by atoms with E-state index in [0.29, 0.717) is 0 Å². The first-order valence-electron chi connectivity index (χ1n) is 15.3. The minimum absolute atomic E-state index is 1.01. The van der Waals surface area contributed by atoms with Crippen LogP contribution in [0.4, 0.5) is 22.7 Å². The summed E-state index contributed by atoms with van der Waals surface area (Å²) in [4.78, 5) is 5.05. The predicted octanol–water partition coefficient (Wildman–Crippen LogP) is 11.0. The summed E-state index contributed by atoms with van der Waals surface area (Å²) < 4.78 is 0. The lowest BCUT2D eigenvalue weighted by Gasteiger charge is -2.36. The van der Waals surface area contributed by atoms with Crippen molar-refractivity contribution in [3.05, 3.63) is 119 Å². The molecular weight excluding hydrogens is 472 g/mol. The Morgan fingerprint density at radius 2 is 0.615 bits per heavy atom. The molecule has 2 heteroatoms. The van der Waals surface area contributed by atoms with Gasteiger partial charge < -0.3 is 9.80 Å². The SMILES string of the molecule is CC.CC.CC.CC.c1ccc2c(c1)Cc1ccccc1N2CCCN1c2ccccc2Cc2ccccc21. The second kappa shape index (κ2) is 17.1. The van der Waals surface area contributed by atoms with Crippen molar-refractivity contribution in [3.63, 3.8) is 0 Å². The molecule has 0 aliphatic carbocycles. The van der Waals surface area contributed by atoms with E-state index in [1.165, 1.54) is 45.0 Å². The van der Waals surface area contributed by atoms with Crippen molar-refractivity contribution in [2.45, 2.75) is 74.7 Å². The van der Waals surface area contributed by atoms with Crippen molar-refractivity contribution in [3.8, 4) is 0 Å². The Bertz CT molecular complexity index is 1060. The van der Waals surface area contributed by atoms with E-state index in [1.54, 1.807) is 0 Å². The van der Waals surface area contributed by atoms with Gasteiger partial charge in [0.25, 0.3) is 0 Å². The Kier molecular flexibility index (Phi) is 13.9. The lowest BCUT2D eigenvalue weighted by Crippen LogP contribution is -2.29. The molecule has 0 bridgehead atoms. The third-order valence-corrected chi connectivity index (χ3v) is 6.65. The highest BCUT2D eigenvalue weighted by atomic mass is 15.2. The molecule has 0 unspecified atom stereocenters. The van der Waals surface area contributed by atoms with Gasteiger partial charge in [-0.2, -0.15) is 0 Å². The molecule has 39 heavy (non-hydrogen) atoms. The fourth-order valence-electron chi connectivity index (χ4n) is 5.23. The van der Waals surface area contributed by atoms with Crippen LogP contribution < -0.4 is 9.80 Å². The number of para-hydroxylation sites is 4. The smallest absolute Gasteiger partial charge is 0.0446 e. The van der Waals surface area contributed by atoms with Crippen LogP contribution in [0, 0.1) is 0 Å². The fourth-order valence-corrected chi connectivity index (χ4v) is 5.23. The van der Waals surface area contributed by atoms with Gasteiger partial charge in [0.15, 0.2) is 0 Å². The van der Waals surface area contributed by atoms with E-state index in [9.17, 15) is 0 Å². The molecule has 4 aromatic carbocycles. The number of anilines is 4. The predicted molar refractivity (Wildman–Crippen MR) is 175 cm³/mol. The second-order valence-electron chi connectivity index (χ2n) is 8.53. The molecule has 0 spiro atoms. The molecule has 0 fully saturated rings. The first-order chi connectivity index (χ1) is 19.4. The van der Waals surface area contributed by atoms with E-state index >= 15 is 0 Å². The van der Waals surface area contributed by atoms with Gasteiger partial charge in [-0.25, -0.2) is 0 Å². The van der Waals surface area contributed by atoms with Crippen molar-refractivity contribution < 1.29 is 0 Å². The maximum absolute atomic E-state index is 2.52. The van der Waals surface area contributed by atoms with Crippen LogP contribution in [-0.4, -0.2) is 13.1 Å². The van der Waals surface area contributed by atoms with Crippen molar-refractivity contribution >= 4 is 22.7 Å². The van der Waals surface area contributed by atoms with Crippen LogP contribution in [0.5, 0.6) is 0 Å². The minimum atomic E-state index is 1.01. The summed E-state index contributed by atoms with van der Waals surface area (Å²) in [6, 6.07) is 35.5. The molecular formula is C37H50N2. The van der Waals surface area contributed by atoms with Gasteiger partial charge in [-0.1, -0.05) is 128 Å². The summed E-state index contributed by atoms with van der Waals surface area (Å²) in [7, 11) is 0. The highest BCUT2D eigenvalue weighted by Crippen LogP contribution is 2.40. The van der Waals surface area contributed by atoms with Crippen LogP contribution in [0.25, 0.3) is 0 Å². The van der Waals surface area contributed by atoms with Crippen molar-refractivity contribution in [1.82, 2.24) is 0 Å². The maximum Gasteiger partial charge on any atom is 0.0446 e. The molecule has 2 aliphatic rings. The van der Waals surface area contributed by atoms with Gasteiger partial charge in [0.2, 0.25) is 0 Å². The topological polar surface area (TPSA) is 6.48 Å². The fraction of sp³-hybridized carbons (Fsp3) is 0.351. The monoisotopic (exact) mass is 522 g/mol. The van der Waals surface area contributed by atoms with Crippen LogP contribution in [0.15, 0.2) is 97.1 Å². The molecule has 208 valence electrons. The van der Waals surface area contributed by atoms with Crippen LogP contribution in [0.1, 0.15) is 84.1 Å². The van der Waals surface area contributed by atoms with E-state index in [1.807, 2.05) is 55.4 Å². The standard InChI is InChI=1S/C29H26N2.4C2H6/c1-5-14-26-22(10-1)20-23-11-2-6-15-27(23)30(26)18-9-19-31-28-16-7-3-12-24(28)21-25-13-4-8-17-29(25)31;4*1-2/h1-8,10-17H,9,18-21H2;4*1-2H3. The number of benzene rings is 4. The summed E-state index contributed by atoms with van der Waals surface area (Å²) in [6.45, 7) is 18.0. The Balaban J connectivity index is 0.000000614. The quantitative estimate of drug-likeness (QED) is 0.263. The summed E-state index contributed by atoms with van der Waals surface area (Å²) in [5.74, 6) is 0. The maximum atomic E-state index is 2.52. The number of hydrogen-bond donors (Lipinski definition) is 0. The molecule has 0 aromatic heterocycles. The number of nitrogens with zero attached hydrogens (tertiary/aromatic N) is 2. The van der Waals surface area contributed by atoms with E-state index < -0.39 is 0 Å². The van der Waals surface area contributed by atoms with Crippen molar-refractivity contribution in [2.75, 3.05) is 22.9 Å². The summed E-state index contributed by atoms with van der Waals surface area (Å²) in [6.07, 6.45) is 3.14. The van der Waals surface area contributed by atoms with Gasteiger partial charge in [0, 0.05) is 48.7 Å². The highest BCUT2D eigenvalue weighted by molar-refractivity contribution is 5.75. The molecule has 4 aromatic rings. The Morgan fingerprint density at radius 1 is 0.385 bits per heavy atom. The Morgan fingerprint density at radius 3 is 0.872 bits per heavy atom. The normalized spacial score (nSPS) is 11.6. The lowest BCUT2D eigenvalue weighted by molar-refractivity contribution is 0.779. The molecule has 0 radical (unpaired) electrons. The molecule has 2 heterocycles. The number of fused-ring (bicyclic) bond motifs is 4. The van der Waals surface area contributed by atoms with Crippen LogP contribution >= 0.6 is 0 Å². The first-order valence-corrected chi connectivity index (χ1v) is 15.3. The third kappa shape index (κ3) is 7.32. The van der Waals surface area contributed by atoms with Crippen LogP contribution in [-0.2, 0) is 12.8 Å². The van der Waals surface area contributed by atoms with Crippen LogP contribution in [0.2, 0.25) is 0 Å². The van der Waals surface area contributed by atoms with Gasteiger partial charge in [0.05, 0.1) is 0 Å². The van der Waals surface area contributed by atoms with E-state index in [-0.39, 0.29) is 0 Å². The molecule has 0 N–H and O–H groups in total. The summed E-state index contributed by atoms with van der Waals surface area (Å²) >= 11 is 0. The van der Waals surface area contributed by atoms with Gasteiger partial charge in [-0.05, 0) is 52.9 Å². The zero-order valence-corrected chi connectivity index (χ0v) is 25.7. The molecule has 0 saturated carbocycles. The second-order valence-corrected chi connectivity index (χ2v) is 8.53. The number of rotatable bonds is 4. The van der Waals surface area contributed by atoms with E-state index in [2.05, 4.69) is 107 Å². The lowest BCUT2D eigenvalue weighted by atomic mass is 9.94. The first kappa shape index (κ1) is 31.7. The molecule has 2 nitrogen and oxygen atoms in total. The Hall–Kier alpha value is -3.52. The summed E-state index contributed by atoms with van der Waals surface area (Å²) in [5.41, 5.74) is 11.2. The van der Waals surface area contributed by atoms with Crippen molar-refractivity contribution in [2.24, 2.45) is 0 Å². The molecule has 0 atom stereocenters. The molecule has 6 rings (SSSR count). The van der Waals surface area contributed by atoms with Gasteiger partial charge in [-0.3, -0.25) is 0 Å².